The Hall–Kier alpha value is -2.76. The first-order chi connectivity index (χ1) is 12.2. The van der Waals surface area contributed by atoms with Gasteiger partial charge in [0.1, 0.15) is 5.75 Å². The fourth-order valence-electron chi connectivity index (χ4n) is 3.54. The predicted octanol–water partition coefficient (Wildman–Crippen LogP) is 3.00. The van der Waals surface area contributed by atoms with Crippen molar-refractivity contribution in [3.05, 3.63) is 53.1 Å². The summed E-state index contributed by atoms with van der Waals surface area (Å²) in [4.78, 5) is 21.5. The van der Waals surface area contributed by atoms with Crippen LogP contribution in [0.15, 0.2) is 30.5 Å². The van der Waals surface area contributed by atoms with Crippen molar-refractivity contribution >= 4 is 11.6 Å². The minimum Gasteiger partial charge on any atom is -0.496 e. The van der Waals surface area contributed by atoms with Gasteiger partial charge in [0, 0.05) is 25.0 Å². The number of hydrogen-bond acceptors (Lipinski definition) is 5. The Morgan fingerprint density at radius 2 is 2.12 bits per heavy atom. The molecule has 0 N–H and O–H groups in total. The average molecular weight is 336 g/mol. The molecule has 1 aliphatic rings. The van der Waals surface area contributed by atoms with Gasteiger partial charge in [-0.15, -0.1) is 5.10 Å². The molecular formula is C19H20N4O2. The van der Waals surface area contributed by atoms with Crippen LogP contribution in [0, 0.1) is 0 Å². The van der Waals surface area contributed by atoms with E-state index >= 15 is 0 Å². The van der Waals surface area contributed by atoms with Crippen molar-refractivity contribution in [2.45, 2.75) is 38.5 Å². The molecule has 0 amide bonds. The van der Waals surface area contributed by atoms with Crippen molar-refractivity contribution in [1.82, 2.24) is 19.6 Å². The lowest BCUT2D eigenvalue weighted by atomic mass is 9.82. The number of nitrogens with zero attached hydrogens (tertiary/aromatic N) is 4. The van der Waals surface area contributed by atoms with Crippen LogP contribution in [0.25, 0.3) is 5.78 Å². The summed E-state index contributed by atoms with van der Waals surface area (Å²) in [5.74, 6) is 2.32. The van der Waals surface area contributed by atoms with Gasteiger partial charge in [0.05, 0.1) is 18.4 Å². The van der Waals surface area contributed by atoms with Crippen LogP contribution in [0.4, 0.5) is 0 Å². The zero-order chi connectivity index (χ0) is 17.4. The summed E-state index contributed by atoms with van der Waals surface area (Å²) in [6.07, 6.45) is 4.60. The monoisotopic (exact) mass is 336 g/mol. The minimum atomic E-state index is 0.0700. The van der Waals surface area contributed by atoms with Gasteiger partial charge < -0.3 is 4.74 Å². The quantitative estimate of drug-likeness (QED) is 0.732. The minimum absolute atomic E-state index is 0.0700. The van der Waals surface area contributed by atoms with Crippen LogP contribution >= 0.6 is 0 Å². The average Bonchev–Trinajstić information content (AvgIpc) is 3.05. The molecule has 6 heteroatoms. The van der Waals surface area contributed by atoms with Crippen molar-refractivity contribution in [2.75, 3.05) is 7.11 Å². The Morgan fingerprint density at radius 3 is 2.92 bits per heavy atom. The van der Waals surface area contributed by atoms with E-state index in [1.807, 2.05) is 24.3 Å². The Kier molecular flexibility index (Phi) is 3.95. The summed E-state index contributed by atoms with van der Waals surface area (Å²) in [5, 5.41) is 4.58. The van der Waals surface area contributed by atoms with E-state index in [4.69, 9.17) is 4.74 Å². The molecule has 1 aliphatic carbocycles. The third-order valence-electron chi connectivity index (χ3n) is 4.73. The summed E-state index contributed by atoms with van der Waals surface area (Å²) in [7, 11) is 1.66. The number of benzene rings is 1. The number of aryl methyl sites for hydroxylation is 1. The lowest BCUT2D eigenvalue weighted by Gasteiger charge is -2.25. The summed E-state index contributed by atoms with van der Waals surface area (Å²) in [5.41, 5.74) is 2.61. The maximum atomic E-state index is 12.7. The van der Waals surface area contributed by atoms with Crippen LogP contribution in [-0.4, -0.2) is 32.5 Å². The van der Waals surface area contributed by atoms with E-state index in [0.717, 1.165) is 42.1 Å². The number of rotatable bonds is 4. The van der Waals surface area contributed by atoms with E-state index in [-0.39, 0.29) is 11.7 Å². The SMILES string of the molecule is CCCc1nc2ncc3c(n2n1)CC(c1ccccc1OC)CC3=O. The Labute approximate surface area is 145 Å². The predicted molar refractivity (Wildman–Crippen MR) is 93.2 cm³/mol. The second kappa shape index (κ2) is 6.27. The molecule has 0 radical (unpaired) electrons. The second-order valence-corrected chi connectivity index (χ2v) is 6.38. The zero-order valence-electron chi connectivity index (χ0n) is 14.4. The third kappa shape index (κ3) is 2.67. The Morgan fingerprint density at radius 1 is 1.28 bits per heavy atom. The first kappa shape index (κ1) is 15.7. The summed E-state index contributed by atoms with van der Waals surface area (Å²) < 4.78 is 7.24. The van der Waals surface area contributed by atoms with Gasteiger partial charge in [0.2, 0.25) is 0 Å². The number of carbonyl (C=O) groups is 1. The van der Waals surface area contributed by atoms with Crippen molar-refractivity contribution in [2.24, 2.45) is 0 Å². The molecule has 6 nitrogen and oxygen atoms in total. The summed E-state index contributed by atoms with van der Waals surface area (Å²) in [6, 6.07) is 7.89. The molecule has 0 saturated carbocycles. The van der Waals surface area contributed by atoms with E-state index < -0.39 is 0 Å². The van der Waals surface area contributed by atoms with Crippen LogP contribution in [0.3, 0.4) is 0 Å². The lowest BCUT2D eigenvalue weighted by molar-refractivity contribution is 0.0961. The molecular weight excluding hydrogens is 316 g/mol. The number of fused-ring (bicyclic) bond motifs is 3. The van der Waals surface area contributed by atoms with E-state index in [1.165, 1.54) is 0 Å². The molecule has 25 heavy (non-hydrogen) atoms. The number of ether oxygens (including phenoxy) is 1. The van der Waals surface area contributed by atoms with Gasteiger partial charge in [-0.1, -0.05) is 25.1 Å². The smallest absolute Gasteiger partial charge is 0.252 e. The number of hydrogen-bond donors (Lipinski definition) is 0. The van der Waals surface area contributed by atoms with E-state index in [9.17, 15) is 4.79 Å². The first-order valence-corrected chi connectivity index (χ1v) is 8.61. The number of aromatic nitrogens is 4. The number of Topliss-reactive ketones (excluding diaryl/α,β-unsaturated/α-hetero) is 1. The van der Waals surface area contributed by atoms with Gasteiger partial charge >= 0.3 is 0 Å². The van der Waals surface area contributed by atoms with Crippen LogP contribution in [0.1, 0.15) is 53.1 Å². The van der Waals surface area contributed by atoms with Gasteiger partial charge in [0.15, 0.2) is 11.6 Å². The van der Waals surface area contributed by atoms with Crippen molar-refractivity contribution in [1.29, 1.82) is 0 Å². The molecule has 128 valence electrons. The molecule has 4 rings (SSSR count). The zero-order valence-corrected chi connectivity index (χ0v) is 14.4. The largest absolute Gasteiger partial charge is 0.496 e. The number of ketones is 1. The first-order valence-electron chi connectivity index (χ1n) is 8.61. The molecule has 0 spiro atoms. The highest BCUT2D eigenvalue weighted by atomic mass is 16.5. The second-order valence-electron chi connectivity index (χ2n) is 6.38. The van der Waals surface area contributed by atoms with Crippen molar-refractivity contribution in [3.8, 4) is 5.75 Å². The maximum Gasteiger partial charge on any atom is 0.252 e. The van der Waals surface area contributed by atoms with E-state index in [0.29, 0.717) is 17.8 Å². The van der Waals surface area contributed by atoms with Gasteiger partial charge in [-0.05, 0) is 24.5 Å². The van der Waals surface area contributed by atoms with Gasteiger partial charge in [-0.25, -0.2) is 9.50 Å². The van der Waals surface area contributed by atoms with Gasteiger partial charge in [0.25, 0.3) is 5.78 Å². The summed E-state index contributed by atoms with van der Waals surface area (Å²) >= 11 is 0. The Bertz CT molecular complexity index is 948. The molecule has 2 aromatic heterocycles. The maximum absolute atomic E-state index is 12.7. The molecule has 1 atom stereocenters. The van der Waals surface area contributed by atoms with Crippen molar-refractivity contribution < 1.29 is 9.53 Å². The molecule has 0 aliphatic heterocycles. The van der Waals surface area contributed by atoms with E-state index in [2.05, 4.69) is 22.0 Å². The highest BCUT2D eigenvalue weighted by Gasteiger charge is 2.30. The number of carbonyl (C=O) groups excluding carboxylic acids is 1. The van der Waals surface area contributed by atoms with Crippen LogP contribution in [0.5, 0.6) is 5.75 Å². The molecule has 0 bridgehead atoms. The van der Waals surface area contributed by atoms with Gasteiger partial charge in [-0.2, -0.15) is 4.98 Å². The molecule has 1 unspecified atom stereocenters. The molecule has 3 aromatic rings. The fraction of sp³-hybridized carbons (Fsp3) is 0.368. The van der Waals surface area contributed by atoms with Crippen LogP contribution in [0.2, 0.25) is 0 Å². The highest BCUT2D eigenvalue weighted by Crippen LogP contribution is 2.36. The molecule has 1 aromatic carbocycles. The number of methoxy groups -OCH3 is 1. The van der Waals surface area contributed by atoms with Gasteiger partial charge in [-0.3, -0.25) is 4.79 Å². The molecule has 2 heterocycles. The van der Waals surface area contributed by atoms with Crippen LogP contribution in [-0.2, 0) is 12.8 Å². The Balaban J connectivity index is 1.80. The number of para-hydroxylation sites is 1. The van der Waals surface area contributed by atoms with Crippen LogP contribution < -0.4 is 4.74 Å². The normalized spacial score (nSPS) is 16.9. The third-order valence-corrected chi connectivity index (χ3v) is 4.73. The standard InChI is InChI=1S/C19H20N4O2/c1-3-6-18-21-19-20-11-14-15(23(19)22-18)9-12(10-16(14)24)13-7-4-5-8-17(13)25-2/h4-5,7-8,11-12H,3,6,9-10H2,1-2H3. The topological polar surface area (TPSA) is 69.4 Å². The molecule has 0 saturated heterocycles. The fourth-order valence-corrected chi connectivity index (χ4v) is 3.54. The molecule has 0 fully saturated rings. The van der Waals surface area contributed by atoms with E-state index in [1.54, 1.807) is 17.8 Å². The highest BCUT2D eigenvalue weighted by molar-refractivity contribution is 5.98. The lowest BCUT2D eigenvalue weighted by Crippen LogP contribution is -2.23. The summed E-state index contributed by atoms with van der Waals surface area (Å²) in [6.45, 7) is 2.09. The van der Waals surface area contributed by atoms with Crippen molar-refractivity contribution in [3.63, 3.8) is 0 Å².